The van der Waals surface area contributed by atoms with Crippen LogP contribution in [0.5, 0.6) is 56.8 Å². The molecule has 0 aliphatic rings. The van der Waals surface area contributed by atoms with Crippen LogP contribution in [0.2, 0.25) is 0 Å². The molecule has 0 aliphatic heterocycles. The first kappa shape index (κ1) is 30.7. The molecule has 224 valence electrons. The first-order valence-corrected chi connectivity index (χ1v) is 11.7. The van der Waals surface area contributed by atoms with Gasteiger partial charge in [0.2, 0.25) is 28.1 Å². The van der Waals surface area contributed by atoms with E-state index in [2.05, 4.69) is 10.3 Å². The van der Waals surface area contributed by atoms with Crippen molar-refractivity contribution in [1.29, 1.82) is 0 Å². The standard InChI is InChI=1S/C21H24N4O15S/c22-19-25-16(17(35)41-19)21(39,40)18(36)24-6-11(30)9(28)5(10(29)12(6)31)20(37,38)3-23-2-1-4-7(26)13(32)15(34)14(33)8(4)27/h23,26-35,37-40H,1-3H2,(H2,22,25)(H,24,36). The minimum absolute atomic E-state index is 0.369. The molecule has 2 aromatic carbocycles. The summed E-state index contributed by atoms with van der Waals surface area (Å²) in [5.74, 6) is -20.2. The van der Waals surface area contributed by atoms with Gasteiger partial charge in [0.15, 0.2) is 45.3 Å². The number of carbonyl (C=O) groups is 1. The molecule has 3 aromatic rings. The number of nitrogen functional groups attached to an aromatic ring is 1. The van der Waals surface area contributed by atoms with Crippen LogP contribution >= 0.6 is 11.3 Å². The molecule has 0 saturated carbocycles. The number of thiazole rings is 1. The molecular formula is C21H24N4O15S. The Hall–Kier alpha value is -4.86. The van der Waals surface area contributed by atoms with Crippen LogP contribution in [0.25, 0.3) is 0 Å². The Morgan fingerprint density at radius 1 is 0.756 bits per heavy atom. The highest BCUT2D eigenvalue weighted by atomic mass is 32.1. The van der Waals surface area contributed by atoms with Crippen molar-refractivity contribution in [3.63, 3.8) is 0 Å². The molecule has 0 spiro atoms. The van der Waals surface area contributed by atoms with Gasteiger partial charge >= 0.3 is 0 Å². The number of aliphatic hydroxyl groups is 4. The second kappa shape index (κ2) is 10.6. The number of rotatable bonds is 9. The fourth-order valence-corrected chi connectivity index (χ4v) is 4.21. The van der Waals surface area contributed by atoms with Gasteiger partial charge in [-0.3, -0.25) is 4.79 Å². The van der Waals surface area contributed by atoms with Gasteiger partial charge in [-0.05, 0) is 13.0 Å². The molecule has 0 atom stereocenters. The SMILES string of the molecule is Nc1nc(C(O)(O)C(=O)Nc2c(O)c(O)c(C(O)(O)CNCCc3c(O)c(O)c(O)c(O)c3O)c(O)c2O)c(O)s1. The number of hydrogen-bond donors (Lipinski definition) is 17. The molecule has 0 bridgehead atoms. The van der Waals surface area contributed by atoms with Crippen LogP contribution in [0, 0.1) is 0 Å². The third-order valence-electron chi connectivity index (χ3n) is 5.70. The molecule has 0 aliphatic carbocycles. The highest BCUT2D eigenvalue weighted by Gasteiger charge is 2.43. The number of aromatic hydroxyl groups is 10. The molecule has 0 saturated heterocycles. The number of carbonyl (C=O) groups excluding carboxylic acids is 1. The van der Waals surface area contributed by atoms with E-state index in [9.17, 15) is 76.3 Å². The second-order valence-electron chi connectivity index (χ2n) is 8.44. The summed E-state index contributed by atoms with van der Waals surface area (Å²) in [5, 5.41) is 143. The molecule has 0 radical (unpaired) electrons. The van der Waals surface area contributed by atoms with Crippen molar-refractivity contribution < 1.29 is 76.3 Å². The van der Waals surface area contributed by atoms with Gasteiger partial charge in [0.25, 0.3) is 11.7 Å². The summed E-state index contributed by atoms with van der Waals surface area (Å²) in [7, 11) is 0. The topological polar surface area (TPSA) is 363 Å². The Morgan fingerprint density at radius 2 is 1.24 bits per heavy atom. The Balaban J connectivity index is 1.82. The van der Waals surface area contributed by atoms with Gasteiger partial charge in [-0.25, -0.2) is 4.98 Å². The van der Waals surface area contributed by atoms with Crippen LogP contribution in [0.1, 0.15) is 16.8 Å². The Kier molecular flexibility index (Phi) is 7.94. The van der Waals surface area contributed by atoms with Crippen molar-refractivity contribution in [2.45, 2.75) is 18.0 Å². The molecule has 20 heteroatoms. The Morgan fingerprint density at radius 3 is 1.71 bits per heavy atom. The minimum Gasteiger partial charge on any atom is -0.504 e. The van der Waals surface area contributed by atoms with Crippen molar-refractivity contribution in [2.24, 2.45) is 0 Å². The normalized spacial score (nSPS) is 12.0. The molecule has 41 heavy (non-hydrogen) atoms. The molecule has 3 rings (SSSR count). The van der Waals surface area contributed by atoms with E-state index in [1.165, 1.54) is 0 Å². The maximum atomic E-state index is 12.4. The third-order valence-corrected chi connectivity index (χ3v) is 6.39. The summed E-state index contributed by atoms with van der Waals surface area (Å²) in [6.45, 7) is -1.37. The zero-order valence-electron chi connectivity index (χ0n) is 20.2. The molecule has 1 heterocycles. The zero-order chi connectivity index (χ0) is 31.2. The number of aromatic nitrogens is 1. The van der Waals surface area contributed by atoms with E-state index in [1.54, 1.807) is 5.32 Å². The molecule has 18 N–H and O–H groups in total. The summed E-state index contributed by atoms with van der Waals surface area (Å²) >= 11 is 0.370. The number of benzene rings is 2. The summed E-state index contributed by atoms with van der Waals surface area (Å²) in [6, 6.07) is 0. The van der Waals surface area contributed by atoms with Crippen LogP contribution in [0.15, 0.2) is 0 Å². The molecule has 1 aromatic heterocycles. The highest BCUT2D eigenvalue weighted by Crippen LogP contribution is 2.53. The van der Waals surface area contributed by atoms with E-state index in [0.717, 1.165) is 0 Å². The van der Waals surface area contributed by atoms with Crippen LogP contribution < -0.4 is 16.4 Å². The van der Waals surface area contributed by atoms with Gasteiger partial charge in [0.1, 0.15) is 11.3 Å². The lowest BCUT2D eigenvalue weighted by molar-refractivity contribution is -0.185. The fraction of sp³-hybridized carbons (Fsp3) is 0.238. The van der Waals surface area contributed by atoms with Gasteiger partial charge in [0, 0.05) is 5.56 Å². The van der Waals surface area contributed by atoms with E-state index >= 15 is 0 Å². The lowest BCUT2D eigenvalue weighted by atomic mass is 10.00. The van der Waals surface area contributed by atoms with Crippen molar-refractivity contribution in [1.82, 2.24) is 10.3 Å². The van der Waals surface area contributed by atoms with Crippen LogP contribution in [0.4, 0.5) is 10.8 Å². The molecule has 0 unspecified atom stereocenters. The second-order valence-corrected chi connectivity index (χ2v) is 9.45. The van der Waals surface area contributed by atoms with Crippen LogP contribution in [-0.2, 0) is 22.8 Å². The molecule has 1 amide bonds. The summed E-state index contributed by atoms with van der Waals surface area (Å²) in [4.78, 5) is 15.8. The minimum atomic E-state index is -3.61. The molecule has 0 fully saturated rings. The van der Waals surface area contributed by atoms with E-state index in [1.807, 2.05) is 0 Å². The van der Waals surface area contributed by atoms with Crippen molar-refractivity contribution in [2.75, 3.05) is 24.1 Å². The number of anilines is 2. The van der Waals surface area contributed by atoms with Gasteiger partial charge < -0.3 is 87.9 Å². The van der Waals surface area contributed by atoms with Gasteiger partial charge in [-0.1, -0.05) is 11.3 Å². The molecular weight excluding hydrogens is 580 g/mol. The quantitative estimate of drug-likeness (QED) is 0.0520. The number of nitrogens with zero attached hydrogens (tertiary/aromatic N) is 1. The predicted molar refractivity (Wildman–Crippen MR) is 133 cm³/mol. The maximum Gasteiger partial charge on any atom is 0.294 e. The average molecular weight is 605 g/mol. The van der Waals surface area contributed by atoms with Crippen LogP contribution in [0.3, 0.4) is 0 Å². The number of phenols is 9. The zero-order valence-corrected chi connectivity index (χ0v) is 21.0. The smallest absolute Gasteiger partial charge is 0.294 e. The van der Waals surface area contributed by atoms with Gasteiger partial charge in [0.05, 0.1) is 6.54 Å². The maximum absolute atomic E-state index is 12.4. The number of phenolic OH excluding ortho intramolecular Hbond substituents is 9. The Labute approximate surface area is 230 Å². The monoisotopic (exact) mass is 604 g/mol. The number of nitrogens with one attached hydrogen (secondary N) is 2. The largest absolute Gasteiger partial charge is 0.504 e. The van der Waals surface area contributed by atoms with Gasteiger partial charge in [-0.15, -0.1) is 0 Å². The first-order chi connectivity index (χ1) is 18.8. The Bertz CT molecular complexity index is 1460. The lowest BCUT2D eigenvalue weighted by Gasteiger charge is -2.27. The van der Waals surface area contributed by atoms with Crippen molar-refractivity contribution in [3.05, 3.63) is 16.8 Å². The summed E-state index contributed by atoms with van der Waals surface area (Å²) < 4.78 is 0. The third kappa shape index (κ3) is 5.32. The fourth-order valence-electron chi connectivity index (χ4n) is 3.59. The van der Waals surface area contributed by atoms with Gasteiger partial charge in [-0.2, -0.15) is 0 Å². The van der Waals surface area contributed by atoms with E-state index in [-0.39, 0.29) is 11.7 Å². The first-order valence-electron chi connectivity index (χ1n) is 10.9. The van der Waals surface area contributed by atoms with Crippen molar-refractivity contribution >= 4 is 28.1 Å². The lowest BCUT2D eigenvalue weighted by Crippen LogP contribution is -2.40. The van der Waals surface area contributed by atoms with Crippen molar-refractivity contribution in [3.8, 4) is 56.8 Å². The van der Waals surface area contributed by atoms with E-state index < -0.39 is 110 Å². The van der Waals surface area contributed by atoms with Crippen LogP contribution in [-0.4, -0.2) is 95.5 Å². The highest BCUT2D eigenvalue weighted by molar-refractivity contribution is 7.17. The molecule has 19 nitrogen and oxygen atoms in total. The predicted octanol–water partition coefficient (Wildman–Crippen LogP) is -2.47. The summed E-state index contributed by atoms with van der Waals surface area (Å²) in [5.41, 5.74) is 1.29. The number of hydrogen-bond acceptors (Lipinski definition) is 19. The number of nitrogens with two attached hydrogens (primary N) is 1. The average Bonchev–Trinajstić information content (AvgIpc) is 3.25. The van der Waals surface area contributed by atoms with E-state index in [4.69, 9.17) is 5.73 Å². The summed E-state index contributed by atoms with van der Waals surface area (Å²) in [6.07, 6.45) is -0.418. The number of amides is 1. The van der Waals surface area contributed by atoms with E-state index in [0.29, 0.717) is 11.3 Å².